The highest BCUT2D eigenvalue weighted by atomic mass is 19.2. The lowest BCUT2D eigenvalue weighted by Gasteiger charge is -2.46. The Bertz CT molecular complexity index is 994. The first-order chi connectivity index (χ1) is 15.6. The Morgan fingerprint density at radius 3 is 2.52 bits per heavy atom. The lowest BCUT2D eigenvalue weighted by molar-refractivity contribution is -0.0784. The summed E-state index contributed by atoms with van der Waals surface area (Å²) in [6.45, 7) is 3.90. The van der Waals surface area contributed by atoms with Gasteiger partial charge in [0.25, 0.3) is 5.91 Å². The van der Waals surface area contributed by atoms with Crippen molar-refractivity contribution in [2.75, 3.05) is 52.1 Å². The first-order valence-corrected chi connectivity index (χ1v) is 11.0. The molecule has 0 saturated carbocycles. The van der Waals surface area contributed by atoms with E-state index in [1.807, 2.05) is 14.1 Å². The molecular formula is C24H31F3N4O2. The minimum Gasteiger partial charge on any atom is -0.385 e. The van der Waals surface area contributed by atoms with Crippen LogP contribution >= 0.6 is 0 Å². The third-order valence-corrected chi connectivity index (χ3v) is 5.63. The van der Waals surface area contributed by atoms with Crippen molar-refractivity contribution in [3.63, 3.8) is 0 Å². The Kier molecular flexibility index (Phi) is 7.99. The molecule has 1 fully saturated rings. The van der Waals surface area contributed by atoms with Crippen LogP contribution in [-0.2, 0) is 0 Å². The van der Waals surface area contributed by atoms with Crippen LogP contribution in [0.25, 0.3) is 0 Å². The number of amides is 1. The van der Waals surface area contributed by atoms with E-state index in [4.69, 9.17) is 0 Å². The summed E-state index contributed by atoms with van der Waals surface area (Å²) in [7, 11) is 4.03. The summed E-state index contributed by atoms with van der Waals surface area (Å²) in [6, 6.07) is 6.29. The van der Waals surface area contributed by atoms with Crippen molar-refractivity contribution in [1.29, 1.82) is 0 Å². The average molecular weight is 465 g/mol. The van der Waals surface area contributed by atoms with Gasteiger partial charge in [-0.25, -0.2) is 13.2 Å². The van der Waals surface area contributed by atoms with E-state index in [2.05, 4.69) is 15.5 Å². The summed E-state index contributed by atoms with van der Waals surface area (Å²) in [5.74, 6) is -3.64. The number of nitrogens with zero attached hydrogens (tertiary/aromatic N) is 2. The molecule has 2 aromatic rings. The summed E-state index contributed by atoms with van der Waals surface area (Å²) < 4.78 is 42.7. The Hall–Kier alpha value is -2.62. The van der Waals surface area contributed by atoms with Crippen molar-refractivity contribution < 1.29 is 23.1 Å². The van der Waals surface area contributed by atoms with Gasteiger partial charge in [0.05, 0.1) is 30.0 Å². The van der Waals surface area contributed by atoms with Crippen molar-refractivity contribution in [1.82, 2.24) is 15.1 Å². The van der Waals surface area contributed by atoms with Crippen LogP contribution in [0, 0.1) is 24.4 Å². The zero-order valence-electron chi connectivity index (χ0n) is 19.2. The molecule has 1 heterocycles. The highest BCUT2D eigenvalue weighted by molar-refractivity contribution is 6.01. The molecule has 9 heteroatoms. The van der Waals surface area contributed by atoms with Crippen molar-refractivity contribution in [2.45, 2.75) is 25.4 Å². The molecule has 0 aliphatic carbocycles. The highest BCUT2D eigenvalue weighted by Crippen LogP contribution is 2.31. The van der Waals surface area contributed by atoms with Crippen molar-refractivity contribution in [3.8, 4) is 0 Å². The minimum absolute atomic E-state index is 0.0634. The molecule has 33 heavy (non-hydrogen) atoms. The van der Waals surface area contributed by atoms with Crippen molar-refractivity contribution in [2.24, 2.45) is 0 Å². The van der Waals surface area contributed by atoms with Gasteiger partial charge in [0.15, 0.2) is 11.6 Å². The molecule has 0 aromatic heterocycles. The van der Waals surface area contributed by atoms with Crippen molar-refractivity contribution in [3.05, 3.63) is 58.9 Å². The third-order valence-electron chi connectivity index (χ3n) is 5.63. The Balaban J connectivity index is 1.63. The Morgan fingerprint density at radius 1 is 1.12 bits per heavy atom. The van der Waals surface area contributed by atoms with Crippen LogP contribution in [0.3, 0.4) is 0 Å². The number of β-amino-alcohol motifs (C(OH)–C–C–N with tert-alkyl or cyclic N) is 1. The predicted molar refractivity (Wildman–Crippen MR) is 122 cm³/mol. The van der Waals surface area contributed by atoms with Crippen molar-refractivity contribution >= 4 is 17.3 Å². The Labute approximate surface area is 192 Å². The third kappa shape index (κ3) is 6.25. The number of unbranched alkanes of at least 4 members (excludes halogenated alkanes) is 1. The number of nitrogens with one attached hydrogen (secondary N) is 2. The maximum Gasteiger partial charge on any atom is 0.256 e. The summed E-state index contributed by atoms with van der Waals surface area (Å²) in [6.07, 6.45) is 2.01. The van der Waals surface area contributed by atoms with E-state index in [1.54, 1.807) is 13.0 Å². The fourth-order valence-corrected chi connectivity index (χ4v) is 3.80. The van der Waals surface area contributed by atoms with E-state index in [1.165, 1.54) is 17.0 Å². The quantitative estimate of drug-likeness (QED) is 0.471. The van der Waals surface area contributed by atoms with Gasteiger partial charge in [-0.15, -0.1) is 0 Å². The maximum absolute atomic E-state index is 14.6. The van der Waals surface area contributed by atoms with Crippen LogP contribution in [0.5, 0.6) is 0 Å². The molecule has 3 rings (SSSR count). The van der Waals surface area contributed by atoms with E-state index in [0.717, 1.165) is 38.1 Å². The Morgan fingerprint density at radius 2 is 1.85 bits per heavy atom. The molecule has 0 atom stereocenters. The van der Waals surface area contributed by atoms with Gasteiger partial charge in [-0.05, 0) is 76.8 Å². The second-order valence-electron chi connectivity index (χ2n) is 8.96. The molecule has 0 spiro atoms. The molecule has 0 bridgehead atoms. The van der Waals surface area contributed by atoms with E-state index < -0.39 is 34.6 Å². The SMILES string of the molecule is Cc1ccc(Nc2c(C(=O)N3CC(O)(CNCCCCN(C)C)C3)ccc(F)c2F)c(F)c1. The van der Waals surface area contributed by atoms with Gasteiger partial charge < -0.3 is 25.5 Å². The van der Waals surface area contributed by atoms with Gasteiger partial charge in [0.1, 0.15) is 11.4 Å². The van der Waals surface area contributed by atoms with Gasteiger partial charge in [-0.3, -0.25) is 4.79 Å². The van der Waals surface area contributed by atoms with Gasteiger partial charge >= 0.3 is 0 Å². The van der Waals surface area contributed by atoms with Crippen LogP contribution < -0.4 is 10.6 Å². The number of carbonyl (C=O) groups excluding carboxylic acids is 1. The van der Waals surface area contributed by atoms with E-state index in [0.29, 0.717) is 12.1 Å². The number of aliphatic hydroxyl groups is 1. The first-order valence-electron chi connectivity index (χ1n) is 11.0. The number of rotatable bonds is 10. The number of anilines is 2. The van der Waals surface area contributed by atoms with Crippen LogP contribution in [0.4, 0.5) is 24.5 Å². The summed E-state index contributed by atoms with van der Waals surface area (Å²) in [4.78, 5) is 16.4. The molecule has 0 radical (unpaired) electrons. The molecule has 1 saturated heterocycles. The van der Waals surface area contributed by atoms with E-state index in [9.17, 15) is 23.1 Å². The average Bonchev–Trinajstić information content (AvgIpc) is 2.73. The normalized spacial score (nSPS) is 15.0. The summed E-state index contributed by atoms with van der Waals surface area (Å²) >= 11 is 0. The fourth-order valence-electron chi connectivity index (χ4n) is 3.80. The van der Waals surface area contributed by atoms with Gasteiger partial charge in [0.2, 0.25) is 0 Å². The molecule has 6 nitrogen and oxygen atoms in total. The molecule has 2 aromatic carbocycles. The lowest BCUT2D eigenvalue weighted by Crippen LogP contribution is -2.67. The monoisotopic (exact) mass is 464 g/mol. The van der Waals surface area contributed by atoms with E-state index in [-0.39, 0.29) is 24.3 Å². The smallest absolute Gasteiger partial charge is 0.256 e. The molecule has 3 N–H and O–H groups in total. The fraction of sp³-hybridized carbons (Fsp3) is 0.458. The highest BCUT2D eigenvalue weighted by Gasteiger charge is 2.44. The second-order valence-corrected chi connectivity index (χ2v) is 8.96. The topological polar surface area (TPSA) is 67.8 Å². The predicted octanol–water partition coefficient (Wildman–Crippen LogP) is 3.27. The summed E-state index contributed by atoms with van der Waals surface area (Å²) in [5.41, 5.74) is -1.05. The number of halogens is 3. The van der Waals surface area contributed by atoms with E-state index >= 15 is 0 Å². The molecule has 1 amide bonds. The van der Waals surface area contributed by atoms with Crippen LogP contribution in [0.15, 0.2) is 30.3 Å². The van der Waals surface area contributed by atoms with Crippen LogP contribution in [0.2, 0.25) is 0 Å². The molecular weight excluding hydrogens is 433 g/mol. The van der Waals surface area contributed by atoms with Gasteiger partial charge in [-0.2, -0.15) is 0 Å². The van der Waals surface area contributed by atoms with Gasteiger partial charge in [-0.1, -0.05) is 6.07 Å². The number of hydrogen-bond acceptors (Lipinski definition) is 5. The molecule has 180 valence electrons. The number of hydrogen-bond donors (Lipinski definition) is 3. The zero-order chi connectivity index (χ0) is 24.2. The number of aryl methyl sites for hydroxylation is 1. The number of carbonyl (C=O) groups is 1. The van der Waals surface area contributed by atoms with Gasteiger partial charge in [0, 0.05) is 6.54 Å². The zero-order valence-corrected chi connectivity index (χ0v) is 19.2. The second kappa shape index (κ2) is 10.5. The van der Waals surface area contributed by atoms with Crippen LogP contribution in [-0.4, -0.2) is 73.2 Å². The standard InChI is InChI=1S/C24H31F3N4O2/c1-16-6-9-20(19(26)12-16)29-22-17(7-8-18(25)21(22)27)23(32)31-14-24(33,15-31)13-28-10-4-5-11-30(2)3/h6-9,12,28-29,33H,4-5,10-11,13-15H2,1-3H3. The lowest BCUT2D eigenvalue weighted by atomic mass is 9.92. The molecule has 1 aliphatic heterocycles. The number of likely N-dealkylation sites (tertiary alicyclic amines) is 1. The number of benzene rings is 2. The first kappa shape index (κ1) is 25.0. The largest absolute Gasteiger partial charge is 0.385 e. The minimum atomic E-state index is -1.27. The summed E-state index contributed by atoms with van der Waals surface area (Å²) in [5, 5.41) is 16.4. The van der Waals surface area contributed by atoms with Crippen LogP contribution in [0.1, 0.15) is 28.8 Å². The maximum atomic E-state index is 14.6. The molecule has 1 aliphatic rings. The molecule has 0 unspecified atom stereocenters.